The van der Waals surface area contributed by atoms with Crippen molar-refractivity contribution in [3.63, 3.8) is 0 Å². The average molecular weight is 354 g/mol. The van der Waals surface area contributed by atoms with Crippen molar-refractivity contribution in [3.05, 3.63) is 68.0 Å². The van der Waals surface area contributed by atoms with E-state index in [1.165, 1.54) is 18.3 Å². The van der Waals surface area contributed by atoms with Gasteiger partial charge in [-0.3, -0.25) is 9.59 Å². The molecule has 20 heavy (non-hydrogen) atoms. The number of amides is 1. The van der Waals surface area contributed by atoms with Crippen LogP contribution in [0.3, 0.4) is 0 Å². The topological polar surface area (TPSA) is 62.0 Å². The predicted molar refractivity (Wildman–Crippen MR) is 83.9 cm³/mol. The molecule has 6 heteroatoms. The van der Waals surface area contributed by atoms with Crippen LogP contribution in [0.4, 0.5) is 5.69 Å². The van der Waals surface area contributed by atoms with Crippen LogP contribution in [0.5, 0.6) is 0 Å². The first kappa shape index (κ1) is 14.6. The van der Waals surface area contributed by atoms with Gasteiger partial charge in [0.25, 0.3) is 5.56 Å². The largest absolute Gasteiger partial charge is 0.326 e. The summed E-state index contributed by atoms with van der Waals surface area (Å²) in [5.41, 5.74) is 0.666. The monoisotopic (exact) mass is 352 g/mol. The Labute approximate surface area is 128 Å². The van der Waals surface area contributed by atoms with Crippen molar-refractivity contribution >= 4 is 45.2 Å². The lowest BCUT2D eigenvalue weighted by atomic mass is 10.2. The fourth-order valence-corrected chi connectivity index (χ4v) is 1.94. The Morgan fingerprint density at radius 2 is 2.00 bits per heavy atom. The van der Waals surface area contributed by atoms with Gasteiger partial charge in [-0.1, -0.05) is 23.7 Å². The van der Waals surface area contributed by atoms with Gasteiger partial charge in [-0.05, 0) is 45.8 Å². The van der Waals surface area contributed by atoms with E-state index in [-0.39, 0.29) is 17.2 Å². The number of halogens is 2. The standard InChI is InChI=1S/C14H10BrClN2O2/c15-10-7-12(14(20)17-8-10)18-13(19)6-3-9-1-4-11(16)5-2-9/h1-8H,(H,17,20)(H,18,19)/b6-3+. The van der Waals surface area contributed by atoms with Crippen molar-refractivity contribution in [1.82, 2.24) is 4.98 Å². The summed E-state index contributed by atoms with van der Waals surface area (Å²) in [6, 6.07) is 8.58. The first-order valence-electron chi connectivity index (χ1n) is 5.67. The molecule has 0 aliphatic rings. The smallest absolute Gasteiger partial charge is 0.271 e. The van der Waals surface area contributed by atoms with Gasteiger partial charge >= 0.3 is 0 Å². The number of H-pyrrole nitrogens is 1. The van der Waals surface area contributed by atoms with Crippen LogP contribution in [0.2, 0.25) is 5.02 Å². The van der Waals surface area contributed by atoms with E-state index in [2.05, 4.69) is 26.2 Å². The molecule has 0 aliphatic heterocycles. The number of nitrogens with one attached hydrogen (secondary N) is 2. The highest BCUT2D eigenvalue weighted by Gasteiger charge is 2.03. The van der Waals surface area contributed by atoms with Gasteiger partial charge in [-0.15, -0.1) is 0 Å². The Kier molecular flexibility index (Phi) is 4.76. The van der Waals surface area contributed by atoms with Crippen molar-refractivity contribution < 1.29 is 4.79 Å². The number of anilines is 1. The first-order chi connectivity index (χ1) is 9.54. The minimum atomic E-state index is -0.386. The maximum Gasteiger partial charge on any atom is 0.271 e. The van der Waals surface area contributed by atoms with E-state index in [0.717, 1.165) is 5.56 Å². The number of benzene rings is 1. The Morgan fingerprint density at radius 3 is 2.70 bits per heavy atom. The molecular formula is C14H10BrClN2O2. The second kappa shape index (κ2) is 6.54. The third-order valence-corrected chi connectivity index (χ3v) is 3.13. The number of pyridine rings is 1. The van der Waals surface area contributed by atoms with Crippen LogP contribution in [0.15, 0.2) is 51.9 Å². The maximum atomic E-state index is 11.7. The van der Waals surface area contributed by atoms with Crippen LogP contribution in [0.25, 0.3) is 6.08 Å². The number of rotatable bonds is 3. The van der Waals surface area contributed by atoms with Crippen molar-refractivity contribution in [2.75, 3.05) is 5.32 Å². The molecule has 4 nitrogen and oxygen atoms in total. The lowest BCUT2D eigenvalue weighted by molar-refractivity contribution is -0.111. The van der Waals surface area contributed by atoms with E-state index in [1.54, 1.807) is 30.3 Å². The predicted octanol–water partition coefficient (Wildman–Crippen LogP) is 3.44. The van der Waals surface area contributed by atoms with Gasteiger partial charge in [0.1, 0.15) is 5.69 Å². The van der Waals surface area contributed by atoms with Crippen molar-refractivity contribution in [2.24, 2.45) is 0 Å². The van der Waals surface area contributed by atoms with Crippen LogP contribution in [0.1, 0.15) is 5.56 Å². The molecule has 0 saturated heterocycles. The van der Waals surface area contributed by atoms with E-state index in [0.29, 0.717) is 9.50 Å². The van der Waals surface area contributed by atoms with Gasteiger partial charge in [0.15, 0.2) is 0 Å². The lowest BCUT2D eigenvalue weighted by Crippen LogP contribution is -2.17. The third kappa shape index (κ3) is 4.08. The van der Waals surface area contributed by atoms with E-state index in [1.807, 2.05) is 0 Å². The number of hydrogen-bond acceptors (Lipinski definition) is 2. The van der Waals surface area contributed by atoms with Crippen LogP contribution >= 0.6 is 27.5 Å². The molecule has 0 fully saturated rings. The number of hydrogen-bond donors (Lipinski definition) is 2. The molecule has 0 unspecified atom stereocenters. The van der Waals surface area contributed by atoms with E-state index in [4.69, 9.17) is 11.6 Å². The average Bonchev–Trinajstić information content (AvgIpc) is 2.42. The van der Waals surface area contributed by atoms with Crippen LogP contribution in [-0.2, 0) is 4.79 Å². The van der Waals surface area contributed by atoms with Crippen LogP contribution < -0.4 is 10.9 Å². The SMILES string of the molecule is O=C(/C=C/c1ccc(Cl)cc1)Nc1cc(Br)c[nH]c1=O. The van der Waals surface area contributed by atoms with Crippen molar-refractivity contribution in [3.8, 4) is 0 Å². The fraction of sp³-hybridized carbons (Fsp3) is 0. The highest BCUT2D eigenvalue weighted by Crippen LogP contribution is 2.12. The molecule has 1 amide bonds. The van der Waals surface area contributed by atoms with Gasteiger partial charge in [0, 0.05) is 21.8 Å². The van der Waals surface area contributed by atoms with Gasteiger partial charge in [0.05, 0.1) is 0 Å². The first-order valence-corrected chi connectivity index (χ1v) is 6.84. The Hall–Kier alpha value is -1.85. The molecule has 1 aromatic carbocycles. The molecule has 2 N–H and O–H groups in total. The van der Waals surface area contributed by atoms with Crippen molar-refractivity contribution in [2.45, 2.75) is 0 Å². The molecule has 0 aliphatic carbocycles. The highest BCUT2D eigenvalue weighted by atomic mass is 79.9. The molecule has 0 spiro atoms. The molecule has 102 valence electrons. The molecule has 0 atom stereocenters. The fourth-order valence-electron chi connectivity index (χ4n) is 1.47. The maximum absolute atomic E-state index is 11.7. The summed E-state index contributed by atoms with van der Waals surface area (Å²) < 4.78 is 0.675. The summed E-state index contributed by atoms with van der Waals surface area (Å²) in [7, 11) is 0. The number of aromatic nitrogens is 1. The molecule has 0 bridgehead atoms. The zero-order valence-electron chi connectivity index (χ0n) is 10.2. The number of carbonyl (C=O) groups is 1. The van der Waals surface area contributed by atoms with E-state index in [9.17, 15) is 9.59 Å². The Morgan fingerprint density at radius 1 is 1.30 bits per heavy atom. The van der Waals surface area contributed by atoms with Gasteiger partial charge in [-0.2, -0.15) is 0 Å². The molecule has 1 aromatic heterocycles. The normalized spacial score (nSPS) is 10.7. The number of aromatic amines is 1. The van der Waals surface area contributed by atoms with E-state index < -0.39 is 0 Å². The summed E-state index contributed by atoms with van der Waals surface area (Å²) in [5.74, 6) is -0.386. The van der Waals surface area contributed by atoms with Gasteiger partial charge in [0.2, 0.25) is 5.91 Å². The molecule has 2 aromatic rings. The zero-order chi connectivity index (χ0) is 14.5. The Balaban J connectivity index is 2.07. The van der Waals surface area contributed by atoms with Crippen LogP contribution in [-0.4, -0.2) is 10.9 Å². The number of carbonyl (C=O) groups excluding carboxylic acids is 1. The minimum Gasteiger partial charge on any atom is -0.326 e. The summed E-state index contributed by atoms with van der Waals surface area (Å²) in [4.78, 5) is 25.7. The molecular weight excluding hydrogens is 344 g/mol. The molecule has 0 saturated carbocycles. The van der Waals surface area contributed by atoms with Gasteiger partial charge < -0.3 is 10.3 Å². The molecule has 1 heterocycles. The highest BCUT2D eigenvalue weighted by molar-refractivity contribution is 9.10. The summed E-state index contributed by atoms with van der Waals surface area (Å²) in [5, 5.41) is 3.14. The third-order valence-electron chi connectivity index (χ3n) is 2.42. The molecule has 2 rings (SSSR count). The van der Waals surface area contributed by atoms with Crippen LogP contribution in [0, 0.1) is 0 Å². The second-order valence-corrected chi connectivity index (χ2v) is 5.29. The lowest BCUT2D eigenvalue weighted by Gasteiger charge is -2.01. The molecule has 0 radical (unpaired) electrons. The minimum absolute atomic E-state index is 0.185. The quantitative estimate of drug-likeness (QED) is 0.830. The van der Waals surface area contributed by atoms with E-state index >= 15 is 0 Å². The summed E-state index contributed by atoms with van der Waals surface area (Å²) in [6.07, 6.45) is 4.49. The van der Waals surface area contributed by atoms with Crippen molar-refractivity contribution in [1.29, 1.82) is 0 Å². The second-order valence-electron chi connectivity index (χ2n) is 3.93. The summed E-state index contributed by atoms with van der Waals surface area (Å²) in [6.45, 7) is 0. The zero-order valence-corrected chi connectivity index (χ0v) is 12.5. The summed E-state index contributed by atoms with van der Waals surface area (Å²) >= 11 is 8.98. The Bertz CT molecular complexity index is 708. The van der Waals surface area contributed by atoms with Gasteiger partial charge in [-0.25, -0.2) is 0 Å².